The molecule has 1 N–H and O–H groups in total. The highest BCUT2D eigenvalue weighted by Gasteiger charge is 2.41. The van der Waals surface area contributed by atoms with Crippen LogP contribution in [0.25, 0.3) is 5.57 Å². The Balaban J connectivity index is 1.75. The van der Waals surface area contributed by atoms with Crippen molar-refractivity contribution >= 4 is 17.0 Å². The van der Waals surface area contributed by atoms with E-state index < -0.39 is 11.7 Å². The third kappa shape index (κ3) is 3.89. The molecule has 2 aliphatic rings. The molecule has 1 fully saturated rings. The Bertz CT molecular complexity index is 1140. The topological polar surface area (TPSA) is 66.6 Å². The predicted molar refractivity (Wildman–Crippen MR) is 112 cm³/mol. The molecular formula is C24H23F3NO4+. The van der Waals surface area contributed by atoms with Crippen molar-refractivity contribution < 1.29 is 32.6 Å². The Morgan fingerprint density at radius 2 is 1.84 bits per heavy atom. The largest absolute Gasteiger partial charge is 0.511 e. The predicted octanol–water partition coefficient (Wildman–Crippen LogP) is 6.37. The first kappa shape index (κ1) is 22.0. The number of rotatable bonds is 5. The number of benzene rings is 2. The van der Waals surface area contributed by atoms with Crippen molar-refractivity contribution in [3.8, 4) is 11.5 Å². The normalized spacial score (nSPS) is 20.6. The summed E-state index contributed by atoms with van der Waals surface area (Å²) >= 11 is 0. The molecule has 2 bridgehead atoms. The SMILES string of the molecule is CCc1ccc(Oc2ccc(C(F)(F)F)cc2[N+](C)=O)cc1C1=C(O)[C@@H]2CC[C@@H](C2)C1=O. The van der Waals surface area contributed by atoms with Crippen LogP contribution in [0.15, 0.2) is 42.2 Å². The summed E-state index contributed by atoms with van der Waals surface area (Å²) in [5, 5.41) is 10.8. The van der Waals surface area contributed by atoms with Gasteiger partial charge in [-0.05, 0) is 61.1 Å². The number of aliphatic hydroxyl groups excluding tert-OH is 1. The monoisotopic (exact) mass is 446 g/mol. The number of halogens is 3. The Morgan fingerprint density at radius 3 is 2.50 bits per heavy atom. The minimum Gasteiger partial charge on any atom is -0.511 e. The summed E-state index contributed by atoms with van der Waals surface area (Å²) in [6.07, 6.45) is -1.79. The second kappa shape index (κ2) is 8.07. The molecular weight excluding hydrogens is 423 g/mol. The van der Waals surface area contributed by atoms with Gasteiger partial charge in [0, 0.05) is 27.6 Å². The molecule has 2 atom stereocenters. The van der Waals surface area contributed by atoms with E-state index in [1.165, 1.54) is 0 Å². The number of hydrogen-bond acceptors (Lipinski definition) is 4. The summed E-state index contributed by atoms with van der Waals surface area (Å²) in [7, 11) is 1.09. The maximum absolute atomic E-state index is 13.1. The number of aliphatic hydroxyl groups is 1. The Morgan fingerprint density at radius 1 is 1.12 bits per heavy atom. The number of Topliss-reactive ketones (excluding diaryl/α,β-unsaturated/α-hetero) is 1. The third-order valence-corrected chi connectivity index (χ3v) is 6.28. The van der Waals surface area contributed by atoms with Gasteiger partial charge in [-0.2, -0.15) is 13.2 Å². The summed E-state index contributed by atoms with van der Waals surface area (Å²) in [6.45, 7) is 1.93. The number of fused-ring (bicyclic) bond motifs is 2. The van der Waals surface area contributed by atoms with Crippen LogP contribution in [0.2, 0.25) is 0 Å². The number of alkyl halides is 3. The molecule has 4 rings (SSSR count). The van der Waals surface area contributed by atoms with E-state index >= 15 is 0 Å². The van der Waals surface area contributed by atoms with E-state index in [1.807, 2.05) is 6.92 Å². The summed E-state index contributed by atoms with van der Waals surface area (Å²) in [4.78, 5) is 24.9. The summed E-state index contributed by atoms with van der Waals surface area (Å²) in [6, 6.07) is 7.69. The molecule has 2 aliphatic carbocycles. The molecule has 1 saturated carbocycles. The van der Waals surface area contributed by atoms with Gasteiger partial charge in [0.15, 0.2) is 12.8 Å². The van der Waals surface area contributed by atoms with Crippen LogP contribution in [0.4, 0.5) is 18.9 Å². The average Bonchev–Trinajstić information content (AvgIpc) is 3.19. The second-order valence-electron chi connectivity index (χ2n) is 8.28. The Hall–Kier alpha value is -3.16. The van der Waals surface area contributed by atoms with Crippen LogP contribution < -0.4 is 4.74 Å². The van der Waals surface area contributed by atoms with Crippen molar-refractivity contribution in [2.75, 3.05) is 7.05 Å². The number of carbonyl (C=O) groups excluding carboxylic acids is 1. The second-order valence-corrected chi connectivity index (χ2v) is 8.28. The maximum Gasteiger partial charge on any atom is 0.416 e. The van der Waals surface area contributed by atoms with Crippen LogP contribution in [0, 0.1) is 16.7 Å². The van der Waals surface area contributed by atoms with E-state index in [9.17, 15) is 28.0 Å². The van der Waals surface area contributed by atoms with E-state index in [0.717, 1.165) is 43.7 Å². The smallest absolute Gasteiger partial charge is 0.416 e. The third-order valence-electron chi connectivity index (χ3n) is 6.28. The quantitative estimate of drug-likeness (QED) is 0.542. The molecule has 5 nitrogen and oxygen atoms in total. The van der Waals surface area contributed by atoms with Crippen LogP contribution in [0.1, 0.15) is 42.9 Å². The number of nitrogens with zero attached hydrogens (tertiary/aromatic N) is 1. The zero-order valence-electron chi connectivity index (χ0n) is 17.7. The summed E-state index contributed by atoms with van der Waals surface area (Å²) in [5.41, 5.74) is 0.493. The summed E-state index contributed by atoms with van der Waals surface area (Å²) in [5.74, 6) is 0.0983. The number of aryl methyl sites for hydroxylation is 1. The van der Waals surface area contributed by atoms with Crippen LogP contribution in [-0.2, 0) is 17.4 Å². The Labute approximate surface area is 183 Å². The van der Waals surface area contributed by atoms with E-state index in [1.54, 1.807) is 18.2 Å². The lowest BCUT2D eigenvalue weighted by atomic mass is 9.81. The average molecular weight is 446 g/mol. The molecule has 0 spiro atoms. The lowest BCUT2D eigenvalue weighted by Crippen LogP contribution is -2.21. The van der Waals surface area contributed by atoms with Crippen molar-refractivity contribution in [2.24, 2.45) is 11.8 Å². The fourth-order valence-electron chi connectivity index (χ4n) is 4.59. The van der Waals surface area contributed by atoms with Crippen molar-refractivity contribution in [2.45, 2.75) is 38.8 Å². The van der Waals surface area contributed by atoms with Crippen LogP contribution in [0.5, 0.6) is 11.5 Å². The van der Waals surface area contributed by atoms with Crippen LogP contribution >= 0.6 is 0 Å². The van der Waals surface area contributed by atoms with Gasteiger partial charge in [-0.15, -0.1) is 0 Å². The highest BCUT2D eigenvalue weighted by molar-refractivity contribution is 6.23. The molecule has 0 radical (unpaired) electrons. The number of ketones is 1. The highest BCUT2D eigenvalue weighted by atomic mass is 19.4. The zero-order chi connectivity index (χ0) is 23.2. The summed E-state index contributed by atoms with van der Waals surface area (Å²) < 4.78 is 45.2. The van der Waals surface area contributed by atoms with Crippen LogP contribution in [-0.4, -0.2) is 22.7 Å². The molecule has 0 aliphatic heterocycles. The first-order valence-corrected chi connectivity index (χ1v) is 10.5. The first-order chi connectivity index (χ1) is 15.1. The van der Waals surface area contributed by atoms with Crippen molar-refractivity contribution in [1.82, 2.24) is 0 Å². The standard InChI is InChI=1S/C24H22F3NO4/c1-3-13-6-8-17(12-18(13)21-22(29)14-4-5-15(10-14)23(21)30)32-20-9-7-16(24(25,26)27)11-19(20)28(2)31/h6-9,11-12,14-15H,3-5,10H2,1-2H3/p+1/t14-,15+. The van der Waals surface area contributed by atoms with Crippen molar-refractivity contribution in [1.29, 1.82) is 0 Å². The minimum atomic E-state index is -4.59. The molecule has 32 heavy (non-hydrogen) atoms. The van der Waals surface area contributed by atoms with Gasteiger partial charge in [0.05, 0.1) is 11.1 Å². The molecule has 0 unspecified atom stereocenters. The van der Waals surface area contributed by atoms with Gasteiger partial charge in [0.25, 0.3) is 5.69 Å². The minimum absolute atomic E-state index is 0.0300. The number of nitroso groups, excluding NO2 is 1. The van der Waals surface area contributed by atoms with Gasteiger partial charge in [-0.3, -0.25) is 4.79 Å². The molecule has 2 aromatic rings. The van der Waals surface area contributed by atoms with E-state index in [0.29, 0.717) is 28.7 Å². The van der Waals surface area contributed by atoms with Gasteiger partial charge >= 0.3 is 6.18 Å². The number of ether oxygens (including phenoxy) is 1. The van der Waals surface area contributed by atoms with Crippen molar-refractivity contribution in [3.63, 3.8) is 0 Å². The lowest BCUT2D eigenvalue weighted by Gasteiger charge is -2.23. The van der Waals surface area contributed by atoms with E-state index in [2.05, 4.69) is 0 Å². The fraction of sp³-hybridized carbons (Fsp3) is 0.375. The first-order valence-electron chi connectivity index (χ1n) is 10.5. The van der Waals surface area contributed by atoms with Gasteiger partial charge in [-0.1, -0.05) is 13.0 Å². The Kier molecular flexibility index (Phi) is 5.56. The molecule has 0 heterocycles. The maximum atomic E-state index is 13.1. The molecule has 2 aromatic carbocycles. The number of carbonyl (C=O) groups is 1. The lowest BCUT2D eigenvalue weighted by molar-refractivity contribution is -0.429. The highest BCUT2D eigenvalue weighted by Crippen LogP contribution is 2.46. The van der Waals surface area contributed by atoms with Gasteiger partial charge in [-0.25, -0.2) is 0 Å². The molecule has 0 aromatic heterocycles. The van der Waals surface area contributed by atoms with Crippen molar-refractivity contribution in [3.05, 3.63) is 63.8 Å². The van der Waals surface area contributed by atoms with Gasteiger partial charge in [0.1, 0.15) is 11.5 Å². The zero-order valence-corrected chi connectivity index (χ0v) is 17.7. The van der Waals surface area contributed by atoms with E-state index in [-0.39, 0.29) is 40.6 Å². The van der Waals surface area contributed by atoms with Gasteiger partial charge < -0.3 is 9.84 Å². The molecule has 168 valence electrons. The number of allylic oxidation sites excluding steroid dienone is 2. The van der Waals surface area contributed by atoms with E-state index in [4.69, 9.17) is 4.74 Å². The molecule has 0 saturated heterocycles. The van der Waals surface area contributed by atoms with Crippen LogP contribution in [0.3, 0.4) is 0 Å². The fourth-order valence-corrected chi connectivity index (χ4v) is 4.59. The van der Waals surface area contributed by atoms with Gasteiger partial charge in [0.2, 0.25) is 5.75 Å². The number of hydrogen-bond donors (Lipinski definition) is 1. The molecule has 8 heteroatoms. The molecule has 0 amide bonds.